The van der Waals surface area contributed by atoms with Crippen molar-refractivity contribution >= 4 is 0 Å². The molecule has 2 aliphatic carbocycles. The van der Waals surface area contributed by atoms with Gasteiger partial charge in [-0.25, -0.2) is 0 Å². The van der Waals surface area contributed by atoms with Gasteiger partial charge in [-0.15, -0.1) is 0 Å². The number of rotatable bonds is 1. The summed E-state index contributed by atoms with van der Waals surface area (Å²) in [6.07, 6.45) is 6.78. The summed E-state index contributed by atoms with van der Waals surface area (Å²) in [5.74, 6) is 0.837. The number of hydrogen-bond acceptors (Lipinski definition) is 4. The van der Waals surface area contributed by atoms with Gasteiger partial charge in [0.2, 0.25) is 0 Å². The molecule has 4 heteroatoms. The Hall–Kier alpha value is -0.160. The van der Waals surface area contributed by atoms with E-state index in [0.29, 0.717) is 11.8 Å². The van der Waals surface area contributed by atoms with E-state index in [4.69, 9.17) is 9.47 Å². The zero-order valence-electron chi connectivity index (χ0n) is 15.5. The van der Waals surface area contributed by atoms with Crippen molar-refractivity contribution in [2.24, 2.45) is 22.7 Å². The first kappa shape index (κ1) is 17.3. The lowest BCUT2D eigenvalue weighted by Gasteiger charge is -2.65. The Balaban J connectivity index is 1.74. The number of aliphatic hydroxyl groups excluding tert-OH is 2. The molecule has 4 aliphatic rings. The molecule has 0 radical (unpaired) electrons. The Morgan fingerprint density at radius 2 is 1.83 bits per heavy atom. The van der Waals surface area contributed by atoms with E-state index in [1.54, 1.807) is 0 Å². The van der Waals surface area contributed by atoms with Crippen LogP contribution < -0.4 is 0 Å². The fourth-order valence-corrected chi connectivity index (χ4v) is 7.00. The molecule has 2 saturated heterocycles. The fraction of sp³-hybridized carbons (Fsp3) is 1.00. The molecule has 7 atom stereocenters. The number of aliphatic hydroxyl groups is 2. The Bertz CT molecular complexity index is 502. The summed E-state index contributed by atoms with van der Waals surface area (Å²) in [5.41, 5.74) is -0.593. The molecule has 2 N–H and O–H groups in total. The van der Waals surface area contributed by atoms with Crippen molar-refractivity contribution in [3.05, 3.63) is 0 Å². The molecule has 4 fully saturated rings. The van der Waals surface area contributed by atoms with Crippen molar-refractivity contribution in [1.29, 1.82) is 0 Å². The van der Waals surface area contributed by atoms with Crippen LogP contribution in [-0.2, 0) is 9.47 Å². The predicted molar refractivity (Wildman–Crippen MR) is 91.6 cm³/mol. The maximum atomic E-state index is 10.7. The van der Waals surface area contributed by atoms with Gasteiger partial charge in [0.25, 0.3) is 0 Å². The number of hydrogen-bond donors (Lipinski definition) is 2. The van der Waals surface area contributed by atoms with Gasteiger partial charge in [-0.1, -0.05) is 20.8 Å². The quantitative estimate of drug-likeness (QED) is 0.772. The number of fused-ring (bicyclic) bond motifs is 2. The standard InChI is InChI=1S/C20H34O4/c1-14-4-5-15-17(2,12-21)16(22)6-7-18(15,3)20(14)9-8-19(24-20)10-11-23-13-19/h14-16,21-22H,4-13H2,1-3H3. The number of ether oxygens (including phenoxy) is 2. The van der Waals surface area contributed by atoms with Gasteiger partial charge in [0.05, 0.1) is 30.5 Å². The molecule has 7 unspecified atom stereocenters. The average Bonchev–Trinajstić information content (AvgIpc) is 3.18. The molecule has 24 heavy (non-hydrogen) atoms. The normalized spacial score (nSPS) is 57.6. The second-order valence-corrected chi connectivity index (χ2v) is 9.64. The lowest BCUT2D eigenvalue weighted by Crippen LogP contribution is -2.66. The van der Waals surface area contributed by atoms with Gasteiger partial charge < -0.3 is 19.7 Å². The Kier molecular flexibility index (Phi) is 3.90. The first-order chi connectivity index (χ1) is 11.3. The van der Waals surface area contributed by atoms with Gasteiger partial charge in [0.15, 0.2) is 0 Å². The van der Waals surface area contributed by atoms with Gasteiger partial charge in [-0.2, -0.15) is 0 Å². The van der Waals surface area contributed by atoms with Crippen molar-refractivity contribution in [1.82, 2.24) is 0 Å². The third kappa shape index (κ3) is 2.00. The molecule has 4 nitrogen and oxygen atoms in total. The van der Waals surface area contributed by atoms with Crippen LogP contribution in [0.5, 0.6) is 0 Å². The Morgan fingerprint density at radius 1 is 1.04 bits per heavy atom. The van der Waals surface area contributed by atoms with Crippen LogP contribution in [0.4, 0.5) is 0 Å². The summed E-state index contributed by atoms with van der Waals surface area (Å²) in [6.45, 7) is 8.46. The van der Waals surface area contributed by atoms with E-state index in [0.717, 1.165) is 58.2 Å². The second kappa shape index (κ2) is 5.42. The summed E-state index contributed by atoms with van der Waals surface area (Å²) in [7, 11) is 0. The highest BCUT2D eigenvalue weighted by Crippen LogP contribution is 2.68. The highest BCUT2D eigenvalue weighted by Gasteiger charge is 2.69. The zero-order valence-corrected chi connectivity index (χ0v) is 15.5. The molecule has 4 rings (SSSR count). The monoisotopic (exact) mass is 338 g/mol. The first-order valence-corrected chi connectivity index (χ1v) is 9.89. The molecule has 0 bridgehead atoms. The van der Waals surface area contributed by atoms with Crippen LogP contribution in [0.15, 0.2) is 0 Å². The van der Waals surface area contributed by atoms with E-state index in [1.807, 2.05) is 0 Å². The molecule has 2 aliphatic heterocycles. The topological polar surface area (TPSA) is 58.9 Å². The summed E-state index contributed by atoms with van der Waals surface area (Å²) >= 11 is 0. The highest BCUT2D eigenvalue weighted by molar-refractivity contribution is 5.17. The highest BCUT2D eigenvalue weighted by atomic mass is 16.6. The lowest BCUT2D eigenvalue weighted by atomic mass is 9.43. The van der Waals surface area contributed by atoms with Crippen LogP contribution in [0.2, 0.25) is 0 Å². The van der Waals surface area contributed by atoms with Crippen molar-refractivity contribution in [3.8, 4) is 0 Å². The Morgan fingerprint density at radius 3 is 2.50 bits per heavy atom. The maximum absolute atomic E-state index is 10.7. The molecule has 2 spiro atoms. The third-order valence-electron chi connectivity index (χ3n) is 8.67. The minimum atomic E-state index is -0.411. The molecule has 0 aromatic heterocycles. The summed E-state index contributed by atoms with van der Waals surface area (Å²) in [6, 6.07) is 0. The average molecular weight is 338 g/mol. The minimum Gasteiger partial charge on any atom is -0.396 e. The zero-order chi connectivity index (χ0) is 17.2. The molecule has 2 saturated carbocycles. The van der Waals surface area contributed by atoms with Crippen LogP contribution in [0.1, 0.15) is 65.7 Å². The van der Waals surface area contributed by atoms with E-state index in [9.17, 15) is 10.2 Å². The summed E-state index contributed by atoms with van der Waals surface area (Å²) < 4.78 is 12.7. The van der Waals surface area contributed by atoms with Crippen LogP contribution in [0.3, 0.4) is 0 Å². The summed E-state index contributed by atoms with van der Waals surface area (Å²) in [4.78, 5) is 0. The molecule has 2 heterocycles. The fourth-order valence-electron chi connectivity index (χ4n) is 7.00. The molecule has 0 amide bonds. The van der Waals surface area contributed by atoms with Gasteiger partial charge >= 0.3 is 0 Å². The maximum Gasteiger partial charge on any atom is 0.0945 e. The smallest absolute Gasteiger partial charge is 0.0945 e. The van der Waals surface area contributed by atoms with Gasteiger partial charge in [-0.05, 0) is 50.4 Å². The van der Waals surface area contributed by atoms with E-state index < -0.39 is 11.5 Å². The van der Waals surface area contributed by atoms with Crippen LogP contribution >= 0.6 is 0 Å². The van der Waals surface area contributed by atoms with E-state index in [1.165, 1.54) is 0 Å². The lowest BCUT2D eigenvalue weighted by molar-refractivity contribution is -0.266. The SMILES string of the molecule is CC1CCC2C(C)(CO)C(O)CCC2(C)C12CCC1(CCOC1)O2. The van der Waals surface area contributed by atoms with Crippen molar-refractivity contribution in [2.75, 3.05) is 19.8 Å². The molecule has 0 aromatic carbocycles. The van der Waals surface area contributed by atoms with Crippen molar-refractivity contribution in [3.63, 3.8) is 0 Å². The molecular formula is C20H34O4. The third-order valence-corrected chi connectivity index (χ3v) is 8.67. The first-order valence-electron chi connectivity index (χ1n) is 9.89. The Labute approximate surface area is 145 Å². The van der Waals surface area contributed by atoms with Crippen LogP contribution in [0, 0.1) is 22.7 Å². The molecule has 138 valence electrons. The predicted octanol–water partition coefficient (Wildman–Crippen LogP) is 2.90. The molecule has 0 aromatic rings. The second-order valence-electron chi connectivity index (χ2n) is 9.64. The minimum absolute atomic E-state index is 0.0213. The largest absolute Gasteiger partial charge is 0.396 e. The van der Waals surface area contributed by atoms with E-state index in [-0.39, 0.29) is 23.2 Å². The van der Waals surface area contributed by atoms with Crippen LogP contribution in [0.25, 0.3) is 0 Å². The van der Waals surface area contributed by atoms with Gasteiger partial charge in [0, 0.05) is 23.9 Å². The summed E-state index contributed by atoms with van der Waals surface area (Å²) in [5, 5.41) is 20.8. The van der Waals surface area contributed by atoms with E-state index in [2.05, 4.69) is 20.8 Å². The van der Waals surface area contributed by atoms with Crippen LogP contribution in [-0.4, -0.2) is 47.3 Å². The van der Waals surface area contributed by atoms with Crippen molar-refractivity contribution in [2.45, 2.75) is 83.0 Å². The van der Waals surface area contributed by atoms with Gasteiger partial charge in [-0.3, -0.25) is 0 Å². The molecular weight excluding hydrogens is 304 g/mol. The van der Waals surface area contributed by atoms with Crippen molar-refractivity contribution < 1.29 is 19.7 Å². The van der Waals surface area contributed by atoms with E-state index >= 15 is 0 Å². The van der Waals surface area contributed by atoms with Gasteiger partial charge in [0.1, 0.15) is 0 Å².